The molecular weight excluding hydrogens is 238 g/mol. The quantitative estimate of drug-likeness (QED) is 0.619. The molecule has 0 amide bonds. The van der Waals surface area contributed by atoms with Gasteiger partial charge in [-0.15, -0.1) is 0 Å². The second kappa shape index (κ2) is 7.97. The van der Waals surface area contributed by atoms with Crippen LogP contribution in [0, 0.1) is 0 Å². The fourth-order valence-electron chi connectivity index (χ4n) is 1.59. The molecule has 0 unspecified atom stereocenters. The highest BCUT2D eigenvalue weighted by atomic mass is 14.9. The first-order valence-corrected chi connectivity index (χ1v) is 5.94. The zero-order valence-corrected chi connectivity index (χ0v) is 11.2. The number of aromatic amines is 1. The van der Waals surface area contributed by atoms with Crippen molar-refractivity contribution < 1.29 is 0 Å². The van der Waals surface area contributed by atoms with Crippen LogP contribution in [0.4, 0.5) is 0 Å². The van der Waals surface area contributed by atoms with Crippen molar-refractivity contribution in [2.24, 2.45) is 11.5 Å². The van der Waals surface area contributed by atoms with Crippen molar-refractivity contribution in [1.82, 2.24) is 15.0 Å². The summed E-state index contributed by atoms with van der Waals surface area (Å²) in [6.07, 6.45) is 3.53. The number of nitrogens with one attached hydrogen (secondary N) is 1. The molecule has 0 atom stereocenters. The van der Waals surface area contributed by atoms with Gasteiger partial charge < -0.3 is 16.5 Å². The Hall–Kier alpha value is -2.24. The molecule has 0 spiro atoms. The molecule has 0 radical (unpaired) electrons. The lowest BCUT2D eigenvalue weighted by Crippen LogP contribution is -1.77. The molecule has 100 valence electrons. The molecule has 0 fully saturated rings. The van der Waals surface area contributed by atoms with Gasteiger partial charge in [0.2, 0.25) is 0 Å². The van der Waals surface area contributed by atoms with Gasteiger partial charge in [-0.1, -0.05) is 30.3 Å². The number of rotatable bonds is 1. The minimum Gasteiger partial charge on any atom is -0.337 e. The van der Waals surface area contributed by atoms with E-state index < -0.39 is 0 Å². The number of pyridine rings is 1. The summed E-state index contributed by atoms with van der Waals surface area (Å²) in [4.78, 5) is 11.8. The van der Waals surface area contributed by atoms with Crippen LogP contribution in [0.3, 0.4) is 0 Å². The molecule has 0 saturated heterocycles. The Morgan fingerprint density at radius 3 is 2.26 bits per heavy atom. The first kappa shape index (κ1) is 14.8. The number of nitrogens with zero attached hydrogens (tertiary/aromatic N) is 2. The molecule has 0 saturated carbocycles. The Morgan fingerprint density at radius 2 is 1.63 bits per heavy atom. The first-order valence-electron chi connectivity index (χ1n) is 5.94. The smallest absolute Gasteiger partial charge is 0.138 e. The Balaban J connectivity index is 0.000000415. The lowest BCUT2D eigenvalue weighted by molar-refractivity contribution is 1.33. The van der Waals surface area contributed by atoms with E-state index in [1.165, 1.54) is 14.1 Å². The highest BCUT2D eigenvalue weighted by molar-refractivity contribution is 5.78. The molecule has 2 heterocycles. The molecule has 0 bridgehead atoms. The van der Waals surface area contributed by atoms with Gasteiger partial charge in [0.05, 0.1) is 17.2 Å². The van der Waals surface area contributed by atoms with Gasteiger partial charge in [0.1, 0.15) is 5.82 Å². The second-order valence-electron chi connectivity index (χ2n) is 3.34. The molecule has 0 aliphatic heterocycles. The van der Waals surface area contributed by atoms with Gasteiger partial charge in [-0.2, -0.15) is 0 Å². The predicted molar refractivity (Wildman–Crippen MR) is 79.5 cm³/mol. The van der Waals surface area contributed by atoms with Gasteiger partial charge in [-0.05, 0) is 20.2 Å². The summed E-state index contributed by atoms with van der Waals surface area (Å²) in [5, 5.41) is 0. The molecule has 2 aromatic heterocycles. The molecule has 3 rings (SSSR count). The average Bonchev–Trinajstić information content (AvgIpc) is 2.96. The van der Waals surface area contributed by atoms with Crippen molar-refractivity contribution in [3.05, 3.63) is 48.8 Å². The van der Waals surface area contributed by atoms with Gasteiger partial charge in [-0.3, -0.25) is 4.98 Å². The van der Waals surface area contributed by atoms with Crippen molar-refractivity contribution in [3.8, 4) is 11.4 Å². The van der Waals surface area contributed by atoms with Gasteiger partial charge in [0.25, 0.3) is 0 Å². The van der Waals surface area contributed by atoms with Gasteiger partial charge in [0.15, 0.2) is 0 Å². The maximum absolute atomic E-state index is 4.50. The number of hydrogen-bond acceptors (Lipinski definition) is 4. The molecule has 1 aromatic carbocycles. The SMILES string of the molecule is CN.CN.c1ccc(-c2nc3ccncc3[nH]2)cc1. The summed E-state index contributed by atoms with van der Waals surface area (Å²) in [7, 11) is 3.00. The lowest BCUT2D eigenvalue weighted by atomic mass is 10.2. The van der Waals surface area contributed by atoms with Crippen molar-refractivity contribution in [1.29, 1.82) is 0 Å². The average molecular weight is 257 g/mol. The van der Waals surface area contributed by atoms with Crippen LogP contribution in [0.5, 0.6) is 0 Å². The standard InChI is InChI=1S/C12H9N3.2CH5N/c1-2-4-9(5-3-1)12-14-10-6-7-13-8-11(10)15-12;2*1-2/h1-8H,(H,14,15);2*2H2,1H3. The molecule has 0 aliphatic carbocycles. The molecule has 19 heavy (non-hydrogen) atoms. The summed E-state index contributed by atoms with van der Waals surface area (Å²) < 4.78 is 0. The summed E-state index contributed by atoms with van der Waals surface area (Å²) in [6.45, 7) is 0. The fourth-order valence-corrected chi connectivity index (χ4v) is 1.59. The number of H-pyrrole nitrogens is 1. The fraction of sp³-hybridized carbons (Fsp3) is 0.143. The van der Waals surface area contributed by atoms with Crippen LogP contribution >= 0.6 is 0 Å². The summed E-state index contributed by atoms with van der Waals surface area (Å²) in [5.74, 6) is 0.888. The number of nitrogens with two attached hydrogens (primary N) is 2. The van der Waals surface area contributed by atoms with Crippen LogP contribution in [-0.4, -0.2) is 29.0 Å². The summed E-state index contributed by atoms with van der Waals surface area (Å²) >= 11 is 0. The van der Waals surface area contributed by atoms with Crippen LogP contribution in [0.25, 0.3) is 22.4 Å². The van der Waals surface area contributed by atoms with E-state index in [0.29, 0.717) is 0 Å². The van der Waals surface area contributed by atoms with E-state index in [4.69, 9.17) is 0 Å². The Morgan fingerprint density at radius 1 is 0.947 bits per heavy atom. The third-order valence-corrected chi connectivity index (χ3v) is 2.33. The van der Waals surface area contributed by atoms with Crippen LogP contribution in [0.1, 0.15) is 0 Å². The predicted octanol–water partition coefficient (Wildman–Crippen LogP) is 1.77. The molecule has 5 N–H and O–H groups in total. The number of fused-ring (bicyclic) bond motifs is 1. The maximum Gasteiger partial charge on any atom is 0.138 e. The topological polar surface area (TPSA) is 93.6 Å². The van der Waals surface area contributed by atoms with Crippen molar-refractivity contribution in [2.45, 2.75) is 0 Å². The third kappa shape index (κ3) is 3.61. The van der Waals surface area contributed by atoms with E-state index in [-0.39, 0.29) is 0 Å². The number of benzene rings is 1. The third-order valence-electron chi connectivity index (χ3n) is 2.33. The first-order chi connectivity index (χ1) is 9.43. The minimum absolute atomic E-state index is 0.888. The van der Waals surface area contributed by atoms with Gasteiger partial charge in [-0.25, -0.2) is 4.98 Å². The molecular formula is C14H19N5. The van der Waals surface area contributed by atoms with Gasteiger partial charge >= 0.3 is 0 Å². The van der Waals surface area contributed by atoms with Crippen molar-refractivity contribution in [3.63, 3.8) is 0 Å². The number of hydrogen-bond donors (Lipinski definition) is 3. The highest BCUT2D eigenvalue weighted by Crippen LogP contribution is 2.18. The lowest BCUT2D eigenvalue weighted by Gasteiger charge is -1.93. The van der Waals surface area contributed by atoms with Crippen LogP contribution < -0.4 is 11.5 Å². The molecule has 3 aromatic rings. The van der Waals surface area contributed by atoms with E-state index in [0.717, 1.165) is 22.4 Å². The van der Waals surface area contributed by atoms with E-state index in [2.05, 4.69) is 26.4 Å². The minimum atomic E-state index is 0.888. The maximum atomic E-state index is 4.50. The summed E-state index contributed by atoms with van der Waals surface area (Å²) in [5.41, 5.74) is 12.0. The normalized spacial score (nSPS) is 9.05. The largest absolute Gasteiger partial charge is 0.337 e. The molecule has 0 aliphatic rings. The zero-order valence-electron chi connectivity index (χ0n) is 11.2. The van der Waals surface area contributed by atoms with Crippen molar-refractivity contribution in [2.75, 3.05) is 14.1 Å². The zero-order chi connectivity index (χ0) is 14.1. The van der Waals surface area contributed by atoms with Crippen LogP contribution in [0.2, 0.25) is 0 Å². The van der Waals surface area contributed by atoms with E-state index in [1.54, 1.807) is 12.4 Å². The van der Waals surface area contributed by atoms with E-state index in [9.17, 15) is 0 Å². The number of aromatic nitrogens is 3. The van der Waals surface area contributed by atoms with E-state index in [1.807, 2.05) is 36.4 Å². The van der Waals surface area contributed by atoms with Crippen LogP contribution in [0.15, 0.2) is 48.8 Å². The number of imidazole rings is 1. The van der Waals surface area contributed by atoms with Gasteiger partial charge in [0, 0.05) is 11.8 Å². The highest BCUT2D eigenvalue weighted by Gasteiger charge is 2.03. The van der Waals surface area contributed by atoms with Crippen LogP contribution in [-0.2, 0) is 0 Å². The summed E-state index contributed by atoms with van der Waals surface area (Å²) in [6, 6.07) is 12.0. The monoisotopic (exact) mass is 257 g/mol. The molecule has 5 nitrogen and oxygen atoms in total. The Kier molecular flexibility index (Phi) is 6.21. The van der Waals surface area contributed by atoms with Crippen molar-refractivity contribution >= 4 is 11.0 Å². The molecule has 5 heteroatoms. The Labute approximate surface area is 112 Å². The Bertz CT molecular complexity index is 556. The van der Waals surface area contributed by atoms with E-state index >= 15 is 0 Å². The second-order valence-corrected chi connectivity index (χ2v) is 3.34.